The second kappa shape index (κ2) is 4.81. The molecule has 0 saturated carbocycles. The van der Waals surface area contributed by atoms with E-state index in [-0.39, 0.29) is 0 Å². The number of benzene rings is 2. The van der Waals surface area contributed by atoms with Gasteiger partial charge < -0.3 is 5.11 Å². The van der Waals surface area contributed by atoms with Crippen LogP contribution in [0.15, 0.2) is 59.0 Å². The van der Waals surface area contributed by atoms with Crippen LogP contribution >= 0.6 is 0 Å². The van der Waals surface area contributed by atoms with Gasteiger partial charge in [0.05, 0.1) is 11.3 Å². The van der Waals surface area contributed by atoms with Crippen molar-refractivity contribution in [3.05, 3.63) is 65.7 Å². The largest absolute Gasteiger partial charge is 0.478 e. The highest BCUT2D eigenvalue weighted by Crippen LogP contribution is 2.46. The number of hydrogen-bond acceptors (Lipinski definition) is 2. The van der Waals surface area contributed by atoms with Gasteiger partial charge in [0.1, 0.15) is 0 Å². The SMILES string of the molecule is CS1(Cc2ccccc2)(=Nc2ccc(C(=O)O)cc2)CC1. The van der Waals surface area contributed by atoms with Gasteiger partial charge in [-0.05, 0) is 47.6 Å². The Morgan fingerprint density at radius 3 is 2.24 bits per heavy atom. The van der Waals surface area contributed by atoms with Crippen molar-refractivity contribution < 1.29 is 9.90 Å². The van der Waals surface area contributed by atoms with Crippen LogP contribution in [0.5, 0.6) is 0 Å². The maximum atomic E-state index is 10.9. The van der Waals surface area contributed by atoms with Crippen molar-refractivity contribution in [1.82, 2.24) is 0 Å². The molecular formula is C17H19NO2S. The molecule has 3 nitrogen and oxygen atoms in total. The van der Waals surface area contributed by atoms with Crippen LogP contribution in [0, 0.1) is 0 Å². The molecule has 110 valence electrons. The lowest BCUT2D eigenvalue weighted by atomic mass is 10.2. The minimum atomic E-state index is -1.71. The van der Waals surface area contributed by atoms with Crippen LogP contribution in [0.1, 0.15) is 15.9 Å². The fourth-order valence-electron chi connectivity index (χ4n) is 2.49. The predicted octanol–water partition coefficient (Wildman–Crippen LogP) is 3.73. The molecule has 3 rings (SSSR count). The second-order valence-corrected chi connectivity index (χ2v) is 11.4. The van der Waals surface area contributed by atoms with Crippen molar-refractivity contribution in [2.75, 3.05) is 17.8 Å². The van der Waals surface area contributed by atoms with Crippen LogP contribution < -0.4 is 0 Å². The van der Waals surface area contributed by atoms with Crippen LogP contribution in [0.4, 0.5) is 5.69 Å². The smallest absolute Gasteiger partial charge is 0.335 e. The third-order valence-corrected chi connectivity index (χ3v) is 8.12. The standard InChI is InChI=1S/C17H19NO2S/c1-21(11-12-21,13-14-5-3-2-4-6-14)18-16-9-7-15(8-10-16)17(19)20/h2-10H,11-13H2,1H3,(H,19,20). The number of carboxylic acid groups (broad SMARTS) is 1. The summed E-state index contributed by atoms with van der Waals surface area (Å²) in [6.45, 7) is 0. The van der Waals surface area contributed by atoms with E-state index in [0.29, 0.717) is 5.56 Å². The monoisotopic (exact) mass is 301 g/mol. The van der Waals surface area contributed by atoms with Gasteiger partial charge in [0.15, 0.2) is 0 Å². The number of carboxylic acids is 1. The van der Waals surface area contributed by atoms with E-state index in [4.69, 9.17) is 9.47 Å². The number of nitrogens with zero attached hydrogens (tertiary/aromatic N) is 1. The van der Waals surface area contributed by atoms with E-state index in [1.165, 1.54) is 17.1 Å². The zero-order valence-electron chi connectivity index (χ0n) is 12.0. The molecule has 1 aliphatic rings. The Bertz CT molecular complexity index is 740. The molecule has 1 N–H and O–H groups in total. The molecule has 4 heteroatoms. The first-order chi connectivity index (χ1) is 9.97. The first-order valence-corrected chi connectivity index (χ1v) is 9.86. The predicted molar refractivity (Wildman–Crippen MR) is 88.7 cm³/mol. The number of hydrogen-bond donors (Lipinski definition) is 1. The van der Waals surface area contributed by atoms with E-state index >= 15 is 0 Å². The van der Waals surface area contributed by atoms with Crippen LogP contribution in [-0.2, 0) is 14.7 Å². The summed E-state index contributed by atoms with van der Waals surface area (Å²) < 4.78 is 5.05. The Morgan fingerprint density at radius 1 is 1.10 bits per heavy atom. The van der Waals surface area contributed by atoms with E-state index in [0.717, 1.165) is 11.4 Å². The molecule has 0 aromatic heterocycles. The summed E-state index contributed by atoms with van der Waals surface area (Å²) in [6.07, 6.45) is 2.31. The summed E-state index contributed by atoms with van der Waals surface area (Å²) in [5.74, 6) is 2.48. The van der Waals surface area contributed by atoms with Crippen LogP contribution in [-0.4, -0.2) is 28.8 Å². The highest BCUT2D eigenvalue weighted by molar-refractivity contribution is 8.26. The second-order valence-electron chi connectivity index (χ2n) is 6.03. The molecule has 1 aliphatic heterocycles. The fraction of sp³-hybridized carbons (Fsp3) is 0.235. The van der Waals surface area contributed by atoms with Gasteiger partial charge in [-0.1, -0.05) is 30.3 Å². The zero-order valence-corrected chi connectivity index (χ0v) is 12.8. The van der Waals surface area contributed by atoms with Crippen molar-refractivity contribution in [2.24, 2.45) is 4.36 Å². The molecule has 2 aromatic carbocycles. The molecule has 21 heavy (non-hydrogen) atoms. The molecule has 0 radical (unpaired) electrons. The lowest BCUT2D eigenvalue weighted by molar-refractivity contribution is 0.0697. The van der Waals surface area contributed by atoms with Gasteiger partial charge in [0, 0.05) is 5.75 Å². The van der Waals surface area contributed by atoms with Gasteiger partial charge in [-0.3, -0.25) is 0 Å². The molecule has 1 heterocycles. The van der Waals surface area contributed by atoms with Crippen molar-refractivity contribution >= 4 is 20.6 Å². The van der Waals surface area contributed by atoms with Crippen LogP contribution in [0.3, 0.4) is 0 Å². The molecule has 0 bridgehead atoms. The Hall–Kier alpha value is -1.94. The number of aromatic carboxylic acids is 1. The Morgan fingerprint density at radius 2 is 1.71 bits per heavy atom. The van der Waals surface area contributed by atoms with Crippen LogP contribution in [0.25, 0.3) is 0 Å². The molecule has 2 aromatic rings. The lowest BCUT2D eigenvalue weighted by Gasteiger charge is -2.25. The molecule has 0 atom stereocenters. The average molecular weight is 301 g/mol. The minimum Gasteiger partial charge on any atom is -0.478 e. The van der Waals surface area contributed by atoms with Crippen molar-refractivity contribution in [3.8, 4) is 0 Å². The summed E-state index contributed by atoms with van der Waals surface area (Å²) >= 11 is 0. The van der Waals surface area contributed by atoms with Gasteiger partial charge in [-0.15, -0.1) is 0 Å². The zero-order chi connectivity index (χ0) is 14.9. The van der Waals surface area contributed by atoms with Crippen molar-refractivity contribution in [2.45, 2.75) is 5.75 Å². The third kappa shape index (κ3) is 3.05. The lowest BCUT2D eigenvalue weighted by Crippen LogP contribution is -2.15. The van der Waals surface area contributed by atoms with E-state index in [9.17, 15) is 4.79 Å². The number of rotatable bonds is 4. The highest BCUT2D eigenvalue weighted by Gasteiger charge is 2.42. The maximum absolute atomic E-state index is 10.9. The van der Waals surface area contributed by atoms with E-state index < -0.39 is 14.9 Å². The highest BCUT2D eigenvalue weighted by atomic mass is 32.3. The first-order valence-electron chi connectivity index (χ1n) is 6.94. The summed E-state index contributed by atoms with van der Waals surface area (Å²) in [5, 5.41) is 8.94. The van der Waals surface area contributed by atoms with Crippen LogP contribution in [0.2, 0.25) is 0 Å². The summed E-state index contributed by atoms with van der Waals surface area (Å²) in [5.41, 5.74) is 2.55. The fourth-order valence-corrected chi connectivity index (χ4v) is 6.39. The Balaban J connectivity index is 1.92. The van der Waals surface area contributed by atoms with Crippen molar-refractivity contribution in [3.63, 3.8) is 0 Å². The Kier molecular flexibility index (Phi) is 3.21. The van der Waals surface area contributed by atoms with Gasteiger partial charge in [0.25, 0.3) is 0 Å². The van der Waals surface area contributed by atoms with Gasteiger partial charge >= 0.3 is 5.97 Å². The first kappa shape index (κ1) is 14.0. The molecule has 0 unspecified atom stereocenters. The summed E-state index contributed by atoms with van der Waals surface area (Å²) in [6, 6.07) is 17.4. The van der Waals surface area contributed by atoms with Gasteiger partial charge in [0.2, 0.25) is 0 Å². The third-order valence-electron chi connectivity index (χ3n) is 4.01. The molecule has 0 aliphatic carbocycles. The summed E-state index contributed by atoms with van der Waals surface area (Å²) in [7, 11) is -1.71. The maximum Gasteiger partial charge on any atom is 0.335 e. The van der Waals surface area contributed by atoms with Gasteiger partial charge in [-0.25, -0.2) is 9.16 Å². The van der Waals surface area contributed by atoms with Crippen molar-refractivity contribution in [1.29, 1.82) is 0 Å². The van der Waals surface area contributed by atoms with E-state index in [1.807, 2.05) is 18.2 Å². The Labute approximate surface area is 124 Å². The van der Waals surface area contributed by atoms with E-state index in [2.05, 4.69) is 30.5 Å². The average Bonchev–Trinajstić information content (AvgIpc) is 3.13. The molecule has 0 amide bonds. The molecule has 1 fully saturated rings. The minimum absolute atomic E-state index is 0.310. The summed E-state index contributed by atoms with van der Waals surface area (Å²) in [4.78, 5) is 10.9. The number of carbonyl (C=O) groups is 1. The topological polar surface area (TPSA) is 49.7 Å². The normalized spacial score (nSPS) is 20.0. The molecule has 1 saturated heterocycles. The van der Waals surface area contributed by atoms with Gasteiger partial charge in [-0.2, -0.15) is 8.96 Å². The molecular weight excluding hydrogens is 282 g/mol. The van der Waals surface area contributed by atoms with E-state index in [1.54, 1.807) is 12.1 Å². The molecule has 0 spiro atoms. The quantitative estimate of drug-likeness (QED) is 0.875.